The quantitative estimate of drug-likeness (QED) is 0.861. The third-order valence-electron chi connectivity index (χ3n) is 2.41. The molecule has 0 spiro atoms. The van der Waals surface area contributed by atoms with Crippen LogP contribution in [0.5, 0.6) is 0 Å². The summed E-state index contributed by atoms with van der Waals surface area (Å²) >= 11 is 0. The molecule has 0 aliphatic carbocycles. The van der Waals surface area contributed by atoms with Gasteiger partial charge in [-0.05, 0) is 18.6 Å². The Morgan fingerprint density at radius 1 is 1.44 bits per heavy atom. The van der Waals surface area contributed by atoms with Crippen LogP contribution in [0, 0.1) is 5.82 Å². The lowest BCUT2D eigenvalue weighted by Crippen LogP contribution is -2.10. The smallest absolute Gasteiger partial charge is 0.141 e. The predicted octanol–water partition coefficient (Wildman–Crippen LogP) is 2.13. The number of hydrogen-bond donors (Lipinski definition) is 1. The Kier molecular flexibility index (Phi) is 2.85. The Bertz CT molecular complexity index is 480. The predicted molar refractivity (Wildman–Crippen MR) is 59.4 cm³/mol. The van der Waals surface area contributed by atoms with Crippen LogP contribution in [0.3, 0.4) is 0 Å². The summed E-state index contributed by atoms with van der Waals surface area (Å²) in [5.41, 5.74) is 0.807. The van der Waals surface area contributed by atoms with Crippen LogP contribution in [-0.4, -0.2) is 14.8 Å². The van der Waals surface area contributed by atoms with Gasteiger partial charge in [-0.3, -0.25) is 9.67 Å². The molecule has 2 rings (SSSR count). The van der Waals surface area contributed by atoms with Crippen molar-refractivity contribution in [2.75, 3.05) is 5.32 Å². The van der Waals surface area contributed by atoms with Crippen LogP contribution in [-0.2, 0) is 7.05 Å². The average molecular weight is 220 g/mol. The Balaban J connectivity index is 2.14. The fourth-order valence-electron chi connectivity index (χ4n) is 1.49. The number of halogens is 1. The van der Waals surface area contributed by atoms with E-state index in [1.807, 2.05) is 20.0 Å². The number of rotatable bonds is 3. The second-order valence-electron chi connectivity index (χ2n) is 3.64. The highest BCUT2D eigenvalue weighted by molar-refractivity contribution is 5.37. The Hall–Kier alpha value is -1.91. The van der Waals surface area contributed by atoms with Crippen LogP contribution in [0.2, 0.25) is 0 Å². The first-order valence-electron chi connectivity index (χ1n) is 5.02. The molecule has 5 heteroatoms. The van der Waals surface area contributed by atoms with Crippen LogP contribution in [0.4, 0.5) is 10.2 Å². The van der Waals surface area contributed by atoms with Gasteiger partial charge >= 0.3 is 0 Å². The topological polar surface area (TPSA) is 42.7 Å². The molecule has 0 amide bonds. The number of hydrogen-bond acceptors (Lipinski definition) is 3. The van der Waals surface area contributed by atoms with Crippen molar-refractivity contribution in [2.45, 2.75) is 13.0 Å². The molecular weight excluding hydrogens is 207 g/mol. The van der Waals surface area contributed by atoms with E-state index in [1.54, 1.807) is 17.1 Å². The molecule has 1 N–H and O–H groups in total. The molecule has 0 aromatic carbocycles. The van der Waals surface area contributed by atoms with E-state index in [2.05, 4.69) is 15.4 Å². The highest BCUT2D eigenvalue weighted by atomic mass is 19.1. The third-order valence-corrected chi connectivity index (χ3v) is 2.41. The minimum Gasteiger partial charge on any atom is -0.364 e. The van der Waals surface area contributed by atoms with Crippen molar-refractivity contribution in [1.29, 1.82) is 0 Å². The van der Waals surface area contributed by atoms with Gasteiger partial charge in [0.05, 0.1) is 18.4 Å². The highest BCUT2D eigenvalue weighted by Crippen LogP contribution is 2.17. The molecule has 2 aromatic rings. The van der Waals surface area contributed by atoms with Gasteiger partial charge in [-0.25, -0.2) is 4.39 Å². The van der Waals surface area contributed by atoms with Crippen LogP contribution in [0.1, 0.15) is 18.5 Å². The Morgan fingerprint density at radius 2 is 2.25 bits per heavy atom. The molecule has 0 aliphatic rings. The van der Waals surface area contributed by atoms with Crippen LogP contribution in [0.15, 0.2) is 30.7 Å². The maximum absolute atomic E-state index is 13.0. The number of pyridine rings is 1. The van der Waals surface area contributed by atoms with Gasteiger partial charge in [0.25, 0.3) is 0 Å². The molecule has 0 radical (unpaired) electrons. The van der Waals surface area contributed by atoms with Gasteiger partial charge in [0.15, 0.2) is 0 Å². The van der Waals surface area contributed by atoms with E-state index in [9.17, 15) is 4.39 Å². The number of aromatic nitrogens is 3. The minimum atomic E-state index is -0.323. The van der Waals surface area contributed by atoms with E-state index < -0.39 is 0 Å². The van der Waals surface area contributed by atoms with Crippen molar-refractivity contribution in [3.8, 4) is 0 Å². The summed E-state index contributed by atoms with van der Waals surface area (Å²) in [6.45, 7) is 1.95. The van der Waals surface area contributed by atoms with E-state index >= 15 is 0 Å². The summed E-state index contributed by atoms with van der Waals surface area (Å²) in [7, 11) is 1.85. The summed E-state index contributed by atoms with van der Waals surface area (Å²) in [5.74, 6) is 0.563. The molecule has 0 aliphatic heterocycles. The lowest BCUT2D eigenvalue weighted by Gasteiger charge is -2.15. The van der Waals surface area contributed by atoms with Gasteiger partial charge in [0, 0.05) is 19.3 Å². The standard InChI is InChI=1S/C11H13FN4/c1-8(9-5-10(12)7-13-6-9)15-11-3-4-14-16(11)2/h3-8,15H,1-2H3. The molecule has 0 saturated heterocycles. The molecule has 0 bridgehead atoms. The third kappa shape index (κ3) is 2.18. The lowest BCUT2D eigenvalue weighted by molar-refractivity contribution is 0.616. The molecule has 4 nitrogen and oxygen atoms in total. The summed E-state index contributed by atoms with van der Waals surface area (Å²) in [6.07, 6.45) is 4.55. The van der Waals surface area contributed by atoms with Gasteiger partial charge in [0.1, 0.15) is 11.6 Å². The van der Waals surface area contributed by atoms with Gasteiger partial charge in [-0.2, -0.15) is 5.10 Å². The van der Waals surface area contributed by atoms with Crippen molar-refractivity contribution >= 4 is 5.82 Å². The molecule has 1 unspecified atom stereocenters. The molecule has 2 aromatic heterocycles. The van der Waals surface area contributed by atoms with E-state index in [0.29, 0.717) is 0 Å². The van der Waals surface area contributed by atoms with Crippen LogP contribution < -0.4 is 5.32 Å². The van der Waals surface area contributed by atoms with Gasteiger partial charge in [-0.1, -0.05) is 0 Å². The Morgan fingerprint density at radius 3 is 2.88 bits per heavy atom. The minimum absolute atomic E-state index is 0.0152. The molecule has 16 heavy (non-hydrogen) atoms. The summed E-state index contributed by atoms with van der Waals surface area (Å²) in [5, 5.41) is 7.27. The van der Waals surface area contributed by atoms with E-state index in [0.717, 1.165) is 11.4 Å². The lowest BCUT2D eigenvalue weighted by atomic mass is 10.1. The van der Waals surface area contributed by atoms with Crippen LogP contribution >= 0.6 is 0 Å². The zero-order valence-corrected chi connectivity index (χ0v) is 9.18. The first-order valence-corrected chi connectivity index (χ1v) is 5.02. The van der Waals surface area contributed by atoms with Gasteiger partial charge in [0.2, 0.25) is 0 Å². The molecule has 0 saturated carbocycles. The first kappa shape index (κ1) is 10.6. The average Bonchev–Trinajstić information content (AvgIpc) is 2.64. The summed E-state index contributed by atoms with van der Waals surface area (Å²) in [4.78, 5) is 3.82. The molecule has 84 valence electrons. The van der Waals surface area contributed by atoms with Crippen molar-refractivity contribution in [1.82, 2.24) is 14.8 Å². The first-order chi connectivity index (χ1) is 7.66. The van der Waals surface area contributed by atoms with Gasteiger partial charge < -0.3 is 5.32 Å². The van der Waals surface area contributed by atoms with Crippen molar-refractivity contribution in [2.24, 2.45) is 7.05 Å². The largest absolute Gasteiger partial charge is 0.364 e. The van der Waals surface area contributed by atoms with E-state index in [4.69, 9.17) is 0 Å². The zero-order valence-electron chi connectivity index (χ0n) is 9.18. The second-order valence-corrected chi connectivity index (χ2v) is 3.64. The number of nitrogens with one attached hydrogen (secondary N) is 1. The van der Waals surface area contributed by atoms with E-state index in [1.165, 1.54) is 12.3 Å². The Labute approximate surface area is 93.1 Å². The zero-order chi connectivity index (χ0) is 11.5. The summed E-state index contributed by atoms with van der Waals surface area (Å²) < 4.78 is 14.7. The number of anilines is 1. The van der Waals surface area contributed by atoms with Crippen molar-refractivity contribution in [3.05, 3.63) is 42.1 Å². The molecule has 1 atom stereocenters. The van der Waals surface area contributed by atoms with Crippen molar-refractivity contribution < 1.29 is 4.39 Å². The fourth-order valence-corrected chi connectivity index (χ4v) is 1.49. The molecule has 2 heterocycles. The van der Waals surface area contributed by atoms with Crippen LogP contribution in [0.25, 0.3) is 0 Å². The second kappa shape index (κ2) is 4.30. The van der Waals surface area contributed by atoms with E-state index in [-0.39, 0.29) is 11.9 Å². The number of aryl methyl sites for hydroxylation is 1. The van der Waals surface area contributed by atoms with Crippen molar-refractivity contribution in [3.63, 3.8) is 0 Å². The SMILES string of the molecule is CC(Nc1ccnn1C)c1cncc(F)c1. The maximum Gasteiger partial charge on any atom is 0.141 e. The monoisotopic (exact) mass is 220 g/mol. The molecular formula is C11H13FN4. The van der Waals surface area contributed by atoms with Gasteiger partial charge in [-0.15, -0.1) is 0 Å². The number of nitrogens with zero attached hydrogens (tertiary/aromatic N) is 3. The fraction of sp³-hybridized carbons (Fsp3) is 0.273. The molecule has 0 fully saturated rings. The highest BCUT2D eigenvalue weighted by Gasteiger charge is 2.08. The maximum atomic E-state index is 13.0. The summed E-state index contributed by atoms with van der Waals surface area (Å²) in [6, 6.07) is 3.32. The normalized spacial score (nSPS) is 12.4.